The standard InChI is InChI=1S/C12H22O5/c1-6-15-7-10(11(13)16-8(2)3)12(14)17-9(4)5/h8-10H,6-7H2,1-5H3. The molecule has 0 aromatic heterocycles. The van der Waals surface area contributed by atoms with E-state index in [1.807, 2.05) is 0 Å². The molecule has 0 saturated carbocycles. The predicted molar refractivity (Wildman–Crippen MR) is 62.4 cm³/mol. The second-order valence-electron chi connectivity index (χ2n) is 4.18. The number of carbonyl (C=O) groups is 2. The van der Waals surface area contributed by atoms with Crippen LogP contribution in [0.4, 0.5) is 0 Å². The molecule has 0 bridgehead atoms. The molecule has 0 spiro atoms. The quantitative estimate of drug-likeness (QED) is 0.503. The molecule has 0 aromatic rings. The Balaban J connectivity index is 4.50. The second kappa shape index (κ2) is 8.06. The van der Waals surface area contributed by atoms with Gasteiger partial charge in [0, 0.05) is 6.61 Å². The molecule has 5 nitrogen and oxygen atoms in total. The third kappa shape index (κ3) is 6.94. The molecule has 0 amide bonds. The second-order valence-corrected chi connectivity index (χ2v) is 4.18. The van der Waals surface area contributed by atoms with E-state index in [9.17, 15) is 9.59 Å². The number of carbonyl (C=O) groups excluding carboxylic acids is 2. The summed E-state index contributed by atoms with van der Waals surface area (Å²) in [5.41, 5.74) is 0. The molecular weight excluding hydrogens is 224 g/mol. The minimum absolute atomic E-state index is 0.00634. The first-order valence-corrected chi connectivity index (χ1v) is 5.87. The first-order valence-electron chi connectivity index (χ1n) is 5.87. The molecule has 0 aliphatic rings. The van der Waals surface area contributed by atoms with Crippen molar-refractivity contribution in [2.75, 3.05) is 13.2 Å². The summed E-state index contributed by atoms with van der Waals surface area (Å²) in [7, 11) is 0. The van der Waals surface area contributed by atoms with Crippen LogP contribution in [0.1, 0.15) is 34.6 Å². The van der Waals surface area contributed by atoms with Crippen LogP contribution in [0.2, 0.25) is 0 Å². The summed E-state index contributed by atoms with van der Waals surface area (Å²) in [5, 5.41) is 0. The minimum atomic E-state index is -1.00. The maximum Gasteiger partial charge on any atom is 0.322 e. The smallest absolute Gasteiger partial charge is 0.322 e. The van der Waals surface area contributed by atoms with Crippen LogP contribution in [0.15, 0.2) is 0 Å². The van der Waals surface area contributed by atoms with Crippen LogP contribution >= 0.6 is 0 Å². The first-order chi connectivity index (χ1) is 7.88. The van der Waals surface area contributed by atoms with E-state index in [2.05, 4.69) is 0 Å². The molecule has 0 aliphatic carbocycles. The van der Waals surface area contributed by atoms with Gasteiger partial charge in [0.25, 0.3) is 0 Å². The molecule has 0 rings (SSSR count). The summed E-state index contributed by atoms with van der Waals surface area (Å²) in [6, 6.07) is 0. The Kier molecular flexibility index (Phi) is 7.54. The van der Waals surface area contributed by atoms with Gasteiger partial charge in [-0.05, 0) is 34.6 Å². The SMILES string of the molecule is CCOCC(C(=O)OC(C)C)C(=O)OC(C)C. The van der Waals surface area contributed by atoms with Crippen LogP contribution in [0.3, 0.4) is 0 Å². The lowest BCUT2D eigenvalue weighted by Gasteiger charge is -2.18. The largest absolute Gasteiger partial charge is 0.462 e. The summed E-state index contributed by atoms with van der Waals surface area (Å²) in [5.74, 6) is -2.20. The highest BCUT2D eigenvalue weighted by molar-refractivity contribution is 5.95. The van der Waals surface area contributed by atoms with Crippen molar-refractivity contribution in [1.82, 2.24) is 0 Å². The van der Waals surface area contributed by atoms with Gasteiger partial charge in [-0.2, -0.15) is 0 Å². The van der Waals surface area contributed by atoms with E-state index in [0.717, 1.165) is 0 Å². The van der Waals surface area contributed by atoms with Crippen LogP contribution in [-0.2, 0) is 23.8 Å². The normalized spacial score (nSPS) is 11.1. The zero-order valence-corrected chi connectivity index (χ0v) is 11.2. The van der Waals surface area contributed by atoms with Crippen molar-refractivity contribution in [3.05, 3.63) is 0 Å². The van der Waals surface area contributed by atoms with Crippen LogP contribution in [0.25, 0.3) is 0 Å². The molecule has 0 N–H and O–H groups in total. The van der Waals surface area contributed by atoms with E-state index < -0.39 is 17.9 Å². The molecule has 0 saturated heterocycles. The van der Waals surface area contributed by atoms with Crippen molar-refractivity contribution in [1.29, 1.82) is 0 Å². The zero-order valence-electron chi connectivity index (χ0n) is 11.2. The Labute approximate surface area is 102 Å². The monoisotopic (exact) mass is 246 g/mol. The fourth-order valence-electron chi connectivity index (χ4n) is 1.10. The van der Waals surface area contributed by atoms with E-state index >= 15 is 0 Å². The van der Waals surface area contributed by atoms with Crippen LogP contribution in [-0.4, -0.2) is 37.4 Å². The van der Waals surface area contributed by atoms with Crippen LogP contribution in [0.5, 0.6) is 0 Å². The third-order valence-corrected chi connectivity index (χ3v) is 1.76. The van der Waals surface area contributed by atoms with E-state index in [4.69, 9.17) is 14.2 Å². The number of esters is 2. The molecule has 0 atom stereocenters. The van der Waals surface area contributed by atoms with Crippen molar-refractivity contribution in [2.45, 2.75) is 46.8 Å². The molecule has 0 aromatic carbocycles. The fourth-order valence-corrected chi connectivity index (χ4v) is 1.10. The number of rotatable bonds is 7. The number of hydrogen-bond acceptors (Lipinski definition) is 5. The van der Waals surface area contributed by atoms with E-state index in [1.165, 1.54) is 0 Å². The lowest BCUT2D eigenvalue weighted by atomic mass is 10.1. The third-order valence-electron chi connectivity index (χ3n) is 1.76. The Bertz CT molecular complexity index is 225. The summed E-state index contributed by atoms with van der Waals surface area (Å²) >= 11 is 0. The Hall–Kier alpha value is -1.10. The van der Waals surface area contributed by atoms with Gasteiger partial charge in [-0.1, -0.05) is 0 Å². The van der Waals surface area contributed by atoms with Gasteiger partial charge in [0.05, 0.1) is 18.8 Å². The lowest BCUT2D eigenvalue weighted by Crippen LogP contribution is -2.34. The molecule has 0 radical (unpaired) electrons. The topological polar surface area (TPSA) is 61.8 Å². The van der Waals surface area contributed by atoms with Gasteiger partial charge >= 0.3 is 11.9 Å². The number of hydrogen-bond donors (Lipinski definition) is 0. The van der Waals surface area contributed by atoms with Gasteiger partial charge in [0.15, 0.2) is 5.92 Å². The maximum atomic E-state index is 11.7. The van der Waals surface area contributed by atoms with Gasteiger partial charge in [0.1, 0.15) is 0 Å². The molecular formula is C12H22O5. The molecule has 0 heterocycles. The van der Waals surface area contributed by atoms with Gasteiger partial charge in [-0.25, -0.2) is 0 Å². The molecule has 5 heteroatoms. The molecule has 0 fully saturated rings. The summed E-state index contributed by atoms with van der Waals surface area (Å²) in [4.78, 5) is 23.4. The summed E-state index contributed by atoms with van der Waals surface area (Å²) < 4.78 is 15.1. The molecule has 100 valence electrons. The summed E-state index contributed by atoms with van der Waals surface area (Å²) in [6.07, 6.45) is -0.531. The van der Waals surface area contributed by atoms with Crippen LogP contribution < -0.4 is 0 Å². The zero-order chi connectivity index (χ0) is 13.4. The van der Waals surface area contributed by atoms with Crippen LogP contribution in [0, 0.1) is 5.92 Å². The predicted octanol–water partition coefficient (Wildman–Crippen LogP) is 1.54. The average Bonchev–Trinajstić information content (AvgIpc) is 2.15. The van der Waals surface area contributed by atoms with Crippen molar-refractivity contribution in [2.24, 2.45) is 5.92 Å². The molecule has 17 heavy (non-hydrogen) atoms. The van der Waals surface area contributed by atoms with E-state index in [1.54, 1.807) is 34.6 Å². The number of ether oxygens (including phenoxy) is 3. The van der Waals surface area contributed by atoms with Gasteiger partial charge in [-0.3, -0.25) is 9.59 Å². The van der Waals surface area contributed by atoms with Crippen molar-refractivity contribution >= 4 is 11.9 Å². The van der Waals surface area contributed by atoms with Gasteiger partial charge in [-0.15, -0.1) is 0 Å². The van der Waals surface area contributed by atoms with Crippen molar-refractivity contribution in [3.63, 3.8) is 0 Å². The highest BCUT2D eigenvalue weighted by atomic mass is 16.6. The Morgan fingerprint density at radius 2 is 1.35 bits per heavy atom. The minimum Gasteiger partial charge on any atom is -0.462 e. The van der Waals surface area contributed by atoms with E-state index in [-0.39, 0.29) is 18.8 Å². The van der Waals surface area contributed by atoms with Crippen molar-refractivity contribution < 1.29 is 23.8 Å². The maximum absolute atomic E-state index is 11.7. The summed E-state index contributed by atoms with van der Waals surface area (Å²) in [6.45, 7) is 9.12. The highest BCUT2D eigenvalue weighted by Crippen LogP contribution is 2.08. The Morgan fingerprint density at radius 3 is 1.65 bits per heavy atom. The van der Waals surface area contributed by atoms with Gasteiger partial charge < -0.3 is 14.2 Å². The molecule has 0 aliphatic heterocycles. The first kappa shape index (κ1) is 15.9. The lowest BCUT2D eigenvalue weighted by molar-refractivity contribution is -0.169. The average molecular weight is 246 g/mol. The van der Waals surface area contributed by atoms with Gasteiger partial charge in [0.2, 0.25) is 0 Å². The fraction of sp³-hybridized carbons (Fsp3) is 0.833. The Morgan fingerprint density at radius 1 is 0.941 bits per heavy atom. The van der Waals surface area contributed by atoms with E-state index in [0.29, 0.717) is 6.61 Å². The van der Waals surface area contributed by atoms with Crippen molar-refractivity contribution in [3.8, 4) is 0 Å². The molecule has 0 unspecified atom stereocenters. The highest BCUT2D eigenvalue weighted by Gasteiger charge is 2.31.